The zero-order valence-electron chi connectivity index (χ0n) is 9.43. The molecule has 0 atom stereocenters. The molecule has 0 spiro atoms. The Labute approximate surface area is 100 Å². The van der Waals surface area contributed by atoms with Gasteiger partial charge in [0.25, 0.3) is 0 Å². The number of aliphatic imine (C=N–C) groups is 1. The first-order chi connectivity index (χ1) is 8.45. The molecule has 84 valence electrons. The summed E-state index contributed by atoms with van der Waals surface area (Å²) in [6.07, 6.45) is 1.80. The molecule has 0 radical (unpaired) electrons. The number of nitrogens with one attached hydrogen (secondary N) is 1. The molecule has 0 amide bonds. The summed E-state index contributed by atoms with van der Waals surface area (Å²) < 4.78 is 0. The summed E-state index contributed by atoms with van der Waals surface area (Å²) in [5.74, 6) is 0. The fourth-order valence-corrected chi connectivity index (χ4v) is 2.01. The van der Waals surface area contributed by atoms with Gasteiger partial charge in [-0.1, -0.05) is 24.3 Å². The van der Waals surface area contributed by atoms with Gasteiger partial charge in [-0.25, -0.2) is 0 Å². The summed E-state index contributed by atoms with van der Waals surface area (Å²) in [5.41, 5.74) is 4.17. The molecule has 0 saturated heterocycles. The van der Waals surface area contributed by atoms with Crippen molar-refractivity contribution in [1.82, 2.24) is 4.98 Å². The van der Waals surface area contributed by atoms with Gasteiger partial charge < -0.3 is 5.32 Å². The van der Waals surface area contributed by atoms with Crippen LogP contribution in [0.3, 0.4) is 0 Å². The van der Waals surface area contributed by atoms with Crippen LogP contribution in [0.1, 0.15) is 11.3 Å². The largest absolute Gasteiger partial charge is 0.383 e. The first-order valence-electron chi connectivity index (χ1n) is 5.74. The topological polar surface area (TPSA) is 37.3 Å². The number of pyridine rings is 1. The number of aromatic nitrogens is 1. The molecule has 3 heteroatoms. The fourth-order valence-electron chi connectivity index (χ4n) is 2.01. The molecule has 2 heterocycles. The van der Waals surface area contributed by atoms with E-state index in [4.69, 9.17) is 0 Å². The maximum absolute atomic E-state index is 4.63. The zero-order chi connectivity index (χ0) is 11.5. The second kappa shape index (κ2) is 4.37. The van der Waals surface area contributed by atoms with Gasteiger partial charge in [-0.2, -0.15) is 0 Å². The second-order valence-electron chi connectivity index (χ2n) is 3.92. The van der Waals surface area contributed by atoms with Gasteiger partial charge in [0.05, 0.1) is 18.0 Å². The molecule has 2 aromatic rings. The molecule has 3 rings (SSSR count). The highest BCUT2D eigenvalue weighted by Gasteiger charge is 2.14. The Morgan fingerprint density at radius 2 is 1.88 bits per heavy atom. The molecule has 0 aliphatic carbocycles. The Morgan fingerprint density at radius 1 is 1.00 bits per heavy atom. The fraction of sp³-hybridized carbons (Fsp3) is 0.143. The van der Waals surface area contributed by atoms with Crippen LogP contribution in [0.25, 0.3) is 0 Å². The van der Waals surface area contributed by atoms with Crippen molar-refractivity contribution in [1.29, 1.82) is 0 Å². The number of hydrogen-bond acceptors (Lipinski definition) is 3. The van der Waals surface area contributed by atoms with E-state index in [9.17, 15) is 0 Å². The minimum atomic E-state index is 0.778. The summed E-state index contributed by atoms with van der Waals surface area (Å²) in [4.78, 5) is 9.01. The summed E-state index contributed by atoms with van der Waals surface area (Å²) in [6.45, 7) is 1.65. The molecule has 1 aliphatic heterocycles. The Bertz CT molecular complexity index is 546. The summed E-state index contributed by atoms with van der Waals surface area (Å²) in [5, 5.41) is 3.38. The van der Waals surface area contributed by atoms with Crippen LogP contribution in [-0.4, -0.2) is 23.8 Å². The molecular weight excluding hydrogens is 210 g/mol. The van der Waals surface area contributed by atoms with Gasteiger partial charge in [0.1, 0.15) is 0 Å². The Hall–Kier alpha value is -2.16. The SMILES string of the molecule is c1ccc(C2=NCCNc3ccccc32)nc1. The molecule has 1 aromatic carbocycles. The first kappa shape index (κ1) is 10.0. The van der Waals surface area contributed by atoms with Crippen molar-refractivity contribution in [2.24, 2.45) is 4.99 Å². The van der Waals surface area contributed by atoms with Crippen LogP contribution in [0.2, 0.25) is 0 Å². The van der Waals surface area contributed by atoms with Crippen molar-refractivity contribution in [3.8, 4) is 0 Å². The quantitative estimate of drug-likeness (QED) is 0.805. The van der Waals surface area contributed by atoms with E-state index in [2.05, 4.69) is 27.4 Å². The molecule has 0 saturated carbocycles. The molecule has 0 unspecified atom stereocenters. The lowest BCUT2D eigenvalue weighted by Gasteiger charge is -2.09. The summed E-state index contributed by atoms with van der Waals surface area (Å²) in [7, 11) is 0. The average molecular weight is 223 g/mol. The third-order valence-electron chi connectivity index (χ3n) is 2.79. The van der Waals surface area contributed by atoms with Crippen LogP contribution >= 0.6 is 0 Å². The molecular formula is C14H13N3. The maximum atomic E-state index is 4.63. The van der Waals surface area contributed by atoms with E-state index < -0.39 is 0 Å². The van der Waals surface area contributed by atoms with E-state index in [1.165, 1.54) is 0 Å². The highest BCUT2D eigenvalue weighted by atomic mass is 14.9. The lowest BCUT2D eigenvalue weighted by Crippen LogP contribution is -2.06. The van der Waals surface area contributed by atoms with E-state index in [1.54, 1.807) is 6.20 Å². The number of anilines is 1. The lowest BCUT2D eigenvalue weighted by atomic mass is 10.0. The van der Waals surface area contributed by atoms with Crippen LogP contribution in [0.15, 0.2) is 53.7 Å². The van der Waals surface area contributed by atoms with Crippen LogP contribution in [0.5, 0.6) is 0 Å². The van der Waals surface area contributed by atoms with Crippen molar-refractivity contribution < 1.29 is 0 Å². The highest BCUT2D eigenvalue weighted by Crippen LogP contribution is 2.20. The van der Waals surface area contributed by atoms with E-state index in [-0.39, 0.29) is 0 Å². The predicted molar refractivity (Wildman–Crippen MR) is 69.7 cm³/mol. The van der Waals surface area contributed by atoms with E-state index >= 15 is 0 Å². The second-order valence-corrected chi connectivity index (χ2v) is 3.92. The Balaban J connectivity index is 2.14. The molecule has 17 heavy (non-hydrogen) atoms. The van der Waals surface area contributed by atoms with Crippen molar-refractivity contribution >= 4 is 11.4 Å². The number of benzodiazepines with no additional fused rings is 1. The van der Waals surface area contributed by atoms with E-state index in [0.29, 0.717) is 0 Å². The number of para-hydroxylation sites is 1. The van der Waals surface area contributed by atoms with Crippen molar-refractivity contribution in [3.63, 3.8) is 0 Å². The number of nitrogens with zero attached hydrogens (tertiary/aromatic N) is 2. The van der Waals surface area contributed by atoms with Crippen LogP contribution < -0.4 is 5.32 Å². The molecule has 0 bridgehead atoms. The third-order valence-corrected chi connectivity index (χ3v) is 2.79. The minimum Gasteiger partial charge on any atom is -0.383 e. The molecule has 1 aliphatic rings. The third kappa shape index (κ3) is 1.91. The molecule has 3 nitrogen and oxygen atoms in total. The standard InChI is InChI=1S/C14H13N3/c1-2-6-12-11(5-1)14(17-10-9-16-12)13-7-3-4-8-15-13/h1-8,16H,9-10H2. The van der Waals surface area contributed by atoms with Crippen molar-refractivity contribution in [3.05, 3.63) is 59.9 Å². The minimum absolute atomic E-state index is 0.778. The van der Waals surface area contributed by atoms with Crippen molar-refractivity contribution in [2.75, 3.05) is 18.4 Å². The monoisotopic (exact) mass is 223 g/mol. The molecule has 1 aromatic heterocycles. The number of rotatable bonds is 1. The smallest absolute Gasteiger partial charge is 0.0924 e. The number of benzene rings is 1. The van der Waals surface area contributed by atoms with Gasteiger partial charge in [-0.3, -0.25) is 9.98 Å². The van der Waals surface area contributed by atoms with Crippen molar-refractivity contribution in [2.45, 2.75) is 0 Å². The number of fused-ring (bicyclic) bond motifs is 1. The normalized spacial score (nSPS) is 14.2. The summed E-state index contributed by atoms with van der Waals surface area (Å²) >= 11 is 0. The van der Waals surface area contributed by atoms with Crippen LogP contribution in [-0.2, 0) is 0 Å². The highest BCUT2D eigenvalue weighted by molar-refractivity contribution is 6.15. The van der Waals surface area contributed by atoms with E-state index in [0.717, 1.165) is 35.7 Å². The maximum Gasteiger partial charge on any atom is 0.0924 e. The van der Waals surface area contributed by atoms with E-state index in [1.807, 2.05) is 30.3 Å². The summed E-state index contributed by atoms with van der Waals surface area (Å²) in [6, 6.07) is 14.1. The van der Waals surface area contributed by atoms with Gasteiger partial charge in [-0.15, -0.1) is 0 Å². The predicted octanol–water partition coefficient (Wildman–Crippen LogP) is 2.34. The van der Waals surface area contributed by atoms with Gasteiger partial charge in [0.15, 0.2) is 0 Å². The molecule has 1 N–H and O–H groups in total. The van der Waals surface area contributed by atoms with Gasteiger partial charge in [0, 0.05) is 24.0 Å². The van der Waals surface area contributed by atoms with Crippen LogP contribution in [0, 0.1) is 0 Å². The van der Waals surface area contributed by atoms with Gasteiger partial charge in [0.2, 0.25) is 0 Å². The lowest BCUT2D eigenvalue weighted by molar-refractivity contribution is 1.03. The van der Waals surface area contributed by atoms with Crippen LogP contribution in [0.4, 0.5) is 5.69 Å². The molecule has 0 fully saturated rings. The van der Waals surface area contributed by atoms with Gasteiger partial charge in [-0.05, 0) is 18.2 Å². The zero-order valence-corrected chi connectivity index (χ0v) is 9.43. The van der Waals surface area contributed by atoms with Gasteiger partial charge >= 0.3 is 0 Å². The Kier molecular flexibility index (Phi) is 2.58. The first-order valence-corrected chi connectivity index (χ1v) is 5.74. The Morgan fingerprint density at radius 3 is 2.76 bits per heavy atom. The number of hydrogen-bond donors (Lipinski definition) is 1. The average Bonchev–Trinajstić information content (AvgIpc) is 2.62.